The Labute approximate surface area is 150 Å². The number of hydrogen-bond donors (Lipinski definition) is 1. The molecule has 1 atom stereocenters. The van der Waals surface area contributed by atoms with Crippen LogP contribution in [-0.2, 0) is 0 Å². The van der Waals surface area contributed by atoms with E-state index in [0.717, 1.165) is 50.8 Å². The SMILES string of the molecule is Cc1ccc(C(=O)N2CCC3(CC2)CN(C2CCC2)CC3CO)cn1. The topological polar surface area (TPSA) is 56.7 Å². The van der Waals surface area contributed by atoms with E-state index in [1.807, 2.05) is 24.0 Å². The Hall–Kier alpha value is -1.46. The molecule has 3 aliphatic rings. The van der Waals surface area contributed by atoms with Crippen molar-refractivity contribution in [3.8, 4) is 0 Å². The number of carbonyl (C=O) groups excluding carboxylic acids is 1. The van der Waals surface area contributed by atoms with Crippen LogP contribution >= 0.6 is 0 Å². The molecule has 1 unspecified atom stereocenters. The summed E-state index contributed by atoms with van der Waals surface area (Å²) < 4.78 is 0. The zero-order valence-electron chi connectivity index (χ0n) is 15.2. The number of aliphatic hydroxyl groups excluding tert-OH is 1. The van der Waals surface area contributed by atoms with E-state index in [1.54, 1.807) is 6.20 Å². The summed E-state index contributed by atoms with van der Waals surface area (Å²) in [7, 11) is 0. The van der Waals surface area contributed by atoms with Crippen molar-refractivity contribution in [1.29, 1.82) is 0 Å². The summed E-state index contributed by atoms with van der Waals surface area (Å²) in [6.45, 7) is 5.94. The molecule has 2 aliphatic heterocycles. The number of aryl methyl sites for hydroxylation is 1. The Morgan fingerprint density at radius 3 is 2.64 bits per heavy atom. The highest BCUT2D eigenvalue weighted by Crippen LogP contribution is 2.46. The minimum atomic E-state index is 0.0942. The molecule has 25 heavy (non-hydrogen) atoms. The van der Waals surface area contributed by atoms with Gasteiger partial charge in [-0.2, -0.15) is 0 Å². The fraction of sp³-hybridized carbons (Fsp3) is 0.700. The Morgan fingerprint density at radius 2 is 2.08 bits per heavy atom. The van der Waals surface area contributed by atoms with E-state index in [4.69, 9.17) is 0 Å². The maximum atomic E-state index is 12.7. The average molecular weight is 343 g/mol. The number of aliphatic hydroxyl groups is 1. The Bertz CT molecular complexity index is 618. The second-order valence-electron chi connectivity index (χ2n) is 8.24. The van der Waals surface area contributed by atoms with Crippen LogP contribution in [0.1, 0.15) is 48.2 Å². The predicted molar refractivity (Wildman–Crippen MR) is 96.3 cm³/mol. The first-order valence-electron chi connectivity index (χ1n) is 9.68. The van der Waals surface area contributed by atoms with Crippen LogP contribution in [0.3, 0.4) is 0 Å². The van der Waals surface area contributed by atoms with Gasteiger partial charge < -0.3 is 10.0 Å². The van der Waals surface area contributed by atoms with Crippen molar-refractivity contribution >= 4 is 5.91 Å². The summed E-state index contributed by atoms with van der Waals surface area (Å²) in [5.41, 5.74) is 1.82. The first kappa shape index (κ1) is 17.0. The van der Waals surface area contributed by atoms with Crippen LogP contribution in [0, 0.1) is 18.3 Å². The number of rotatable bonds is 3. The third-order valence-corrected chi connectivity index (χ3v) is 6.86. The smallest absolute Gasteiger partial charge is 0.255 e. The van der Waals surface area contributed by atoms with E-state index >= 15 is 0 Å². The molecule has 136 valence electrons. The zero-order valence-corrected chi connectivity index (χ0v) is 15.2. The normalized spacial score (nSPS) is 26.8. The fourth-order valence-electron chi connectivity index (χ4n) is 4.85. The lowest BCUT2D eigenvalue weighted by molar-refractivity contribution is 0.0385. The van der Waals surface area contributed by atoms with E-state index < -0.39 is 0 Å². The van der Waals surface area contributed by atoms with E-state index in [2.05, 4.69) is 9.88 Å². The number of hydrogen-bond acceptors (Lipinski definition) is 4. The summed E-state index contributed by atoms with van der Waals surface area (Å²) in [5, 5.41) is 9.94. The lowest BCUT2D eigenvalue weighted by Gasteiger charge is -2.43. The first-order chi connectivity index (χ1) is 12.1. The van der Waals surface area contributed by atoms with E-state index in [0.29, 0.717) is 11.5 Å². The lowest BCUT2D eigenvalue weighted by atomic mass is 9.71. The molecule has 1 aliphatic carbocycles. The molecule has 1 spiro atoms. The summed E-state index contributed by atoms with van der Waals surface area (Å²) in [4.78, 5) is 21.6. The fourth-order valence-corrected chi connectivity index (χ4v) is 4.85. The number of carbonyl (C=O) groups is 1. The predicted octanol–water partition coefficient (Wildman–Crippen LogP) is 2.09. The van der Waals surface area contributed by atoms with Crippen molar-refractivity contribution in [2.24, 2.45) is 11.3 Å². The maximum absolute atomic E-state index is 12.7. The van der Waals surface area contributed by atoms with Crippen LogP contribution in [0.25, 0.3) is 0 Å². The van der Waals surface area contributed by atoms with Gasteiger partial charge in [0.25, 0.3) is 5.91 Å². The molecule has 3 heterocycles. The minimum absolute atomic E-state index is 0.0942. The van der Waals surface area contributed by atoms with Crippen molar-refractivity contribution in [3.63, 3.8) is 0 Å². The van der Waals surface area contributed by atoms with Gasteiger partial charge in [0.1, 0.15) is 0 Å². The second-order valence-corrected chi connectivity index (χ2v) is 8.24. The van der Waals surface area contributed by atoms with Gasteiger partial charge in [-0.25, -0.2) is 0 Å². The summed E-state index contributed by atoms with van der Waals surface area (Å²) >= 11 is 0. The number of aromatic nitrogens is 1. The molecular weight excluding hydrogens is 314 g/mol. The van der Waals surface area contributed by atoms with Crippen LogP contribution in [-0.4, -0.2) is 64.6 Å². The van der Waals surface area contributed by atoms with Gasteiger partial charge in [-0.1, -0.05) is 6.42 Å². The Morgan fingerprint density at radius 1 is 1.32 bits per heavy atom. The summed E-state index contributed by atoms with van der Waals surface area (Å²) in [6.07, 6.45) is 7.69. The van der Waals surface area contributed by atoms with Gasteiger partial charge in [-0.3, -0.25) is 14.7 Å². The minimum Gasteiger partial charge on any atom is -0.396 e. The van der Waals surface area contributed by atoms with Crippen LogP contribution in [0.4, 0.5) is 0 Å². The van der Waals surface area contributed by atoms with Gasteiger partial charge in [-0.05, 0) is 50.2 Å². The number of likely N-dealkylation sites (tertiary alicyclic amines) is 2. The standard InChI is InChI=1S/C20H29N3O2/c1-15-5-6-16(11-21-15)19(25)22-9-7-20(8-10-22)14-23(12-17(20)13-24)18-3-2-4-18/h5-6,11,17-18,24H,2-4,7-10,12-14H2,1H3. The van der Waals surface area contributed by atoms with Crippen LogP contribution in [0.5, 0.6) is 0 Å². The van der Waals surface area contributed by atoms with Gasteiger partial charge in [0.05, 0.1) is 5.56 Å². The van der Waals surface area contributed by atoms with Crippen LogP contribution in [0.15, 0.2) is 18.3 Å². The van der Waals surface area contributed by atoms with E-state index in [9.17, 15) is 9.90 Å². The highest BCUT2D eigenvalue weighted by atomic mass is 16.3. The number of nitrogens with zero attached hydrogens (tertiary/aromatic N) is 3. The molecule has 1 aromatic heterocycles. The molecule has 1 saturated carbocycles. The van der Waals surface area contributed by atoms with Crippen LogP contribution in [0.2, 0.25) is 0 Å². The second kappa shape index (κ2) is 6.69. The molecular formula is C20H29N3O2. The summed E-state index contributed by atoms with van der Waals surface area (Å²) in [6, 6.07) is 4.51. The van der Waals surface area contributed by atoms with Crippen molar-refractivity contribution in [1.82, 2.24) is 14.8 Å². The molecule has 0 bridgehead atoms. The summed E-state index contributed by atoms with van der Waals surface area (Å²) in [5.74, 6) is 0.461. The van der Waals surface area contributed by atoms with Crippen molar-refractivity contribution in [3.05, 3.63) is 29.6 Å². The number of piperidine rings is 1. The number of amides is 1. The molecule has 5 nitrogen and oxygen atoms in total. The molecule has 1 N–H and O–H groups in total. The highest BCUT2D eigenvalue weighted by molar-refractivity contribution is 5.94. The highest BCUT2D eigenvalue weighted by Gasteiger charge is 2.49. The molecule has 1 amide bonds. The quantitative estimate of drug-likeness (QED) is 0.913. The van der Waals surface area contributed by atoms with Gasteiger partial charge in [0, 0.05) is 56.6 Å². The van der Waals surface area contributed by atoms with Crippen molar-refractivity contribution in [2.45, 2.75) is 45.1 Å². The van der Waals surface area contributed by atoms with Gasteiger partial charge in [0.2, 0.25) is 0 Å². The van der Waals surface area contributed by atoms with Crippen molar-refractivity contribution < 1.29 is 9.90 Å². The van der Waals surface area contributed by atoms with E-state index in [-0.39, 0.29) is 17.9 Å². The maximum Gasteiger partial charge on any atom is 0.255 e. The van der Waals surface area contributed by atoms with E-state index in [1.165, 1.54) is 19.3 Å². The molecule has 1 aromatic rings. The Kier molecular flexibility index (Phi) is 4.54. The molecule has 4 rings (SSSR count). The molecule has 0 radical (unpaired) electrons. The first-order valence-corrected chi connectivity index (χ1v) is 9.68. The Balaban J connectivity index is 1.41. The molecule has 2 saturated heterocycles. The molecule has 5 heteroatoms. The van der Waals surface area contributed by atoms with Gasteiger partial charge in [-0.15, -0.1) is 0 Å². The zero-order chi connectivity index (χ0) is 17.4. The lowest BCUT2D eigenvalue weighted by Crippen LogP contribution is -2.47. The monoisotopic (exact) mass is 343 g/mol. The van der Waals surface area contributed by atoms with Crippen LogP contribution < -0.4 is 0 Å². The molecule has 0 aromatic carbocycles. The number of pyridine rings is 1. The van der Waals surface area contributed by atoms with Gasteiger partial charge in [0.15, 0.2) is 0 Å². The third-order valence-electron chi connectivity index (χ3n) is 6.86. The third kappa shape index (κ3) is 3.08. The average Bonchev–Trinajstić information content (AvgIpc) is 2.91. The van der Waals surface area contributed by atoms with Crippen molar-refractivity contribution in [2.75, 3.05) is 32.8 Å². The molecule has 3 fully saturated rings. The largest absolute Gasteiger partial charge is 0.396 e. The van der Waals surface area contributed by atoms with Gasteiger partial charge >= 0.3 is 0 Å².